The molecule has 0 atom stereocenters. The molecular formula is C23H37N3O. The predicted octanol–water partition coefficient (Wildman–Crippen LogP) is 5.49. The average molecular weight is 372 g/mol. The SMILES string of the molecule is CCCCCCCn1c(CCCCCNC(=O)C(C)C)nc2ccccc21. The van der Waals surface area contributed by atoms with Crippen molar-refractivity contribution in [2.45, 2.75) is 85.1 Å². The fourth-order valence-electron chi connectivity index (χ4n) is 3.44. The minimum absolute atomic E-state index is 0.0715. The summed E-state index contributed by atoms with van der Waals surface area (Å²) in [5.41, 5.74) is 2.39. The van der Waals surface area contributed by atoms with E-state index in [1.165, 1.54) is 43.4 Å². The van der Waals surface area contributed by atoms with Gasteiger partial charge in [-0.1, -0.05) is 65.0 Å². The molecule has 4 heteroatoms. The van der Waals surface area contributed by atoms with E-state index in [4.69, 9.17) is 4.98 Å². The number of carbonyl (C=O) groups excluding carboxylic acids is 1. The highest BCUT2D eigenvalue weighted by Gasteiger charge is 2.10. The summed E-state index contributed by atoms with van der Waals surface area (Å²) in [6.07, 6.45) is 10.8. The predicted molar refractivity (Wildman–Crippen MR) is 114 cm³/mol. The van der Waals surface area contributed by atoms with Gasteiger partial charge in [0.25, 0.3) is 0 Å². The van der Waals surface area contributed by atoms with Crippen LogP contribution in [0.4, 0.5) is 0 Å². The Hall–Kier alpha value is -1.84. The Labute approximate surface area is 164 Å². The Morgan fingerprint density at radius 3 is 2.56 bits per heavy atom. The van der Waals surface area contributed by atoms with Crippen LogP contribution in [0.5, 0.6) is 0 Å². The number of para-hydroxylation sites is 2. The van der Waals surface area contributed by atoms with Gasteiger partial charge in [-0.25, -0.2) is 4.98 Å². The first-order chi connectivity index (χ1) is 13.1. The molecule has 150 valence electrons. The van der Waals surface area contributed by atoms with E-state index in [0.717, 1.165) is 44.3 Å². The number of hydrogen-bond donors (Lipinski definition) is 1. The molecule has 0 aliphatic carbocycles. The lowest BCUT2D eigenvalue weighted by molar-refractivity contribution is -0.123. The van der Waals surface area contributed by atoms with Crippen molar-refractivity contribution in [1.29, 1.82) is 0 Å². The second kappa shape index (κ2) is 11.8. The van der Waals surface area contributed by atoms with Crippen molar-refractivity contribution in [3.63, 3.8) is 0 Å². The highest BCUT2D eigenvalue weighted by atomic mass is 16.1. The summed E-state index contributed by atoms with van der Waals surface area (Å²) in [7, 11) is 0. The summed E-state index contributed by atoms with van der Waals surface area (Å²) < 4.78 is 2.43. The van der Waals surface area contributed by atoms with E-state index in [9.17, 15) is 4.79 Å². The second-order valence-corrected chi connectivity index (χ2v) is 7.84. The lowest BCUT2D eigenvalue weighted by atomic mass is 10.1. The molecule has 0 spiro atoms. The maximum absolute atomic E-state index is 11.6. The summed E-state index contributed by atoms with van der Waals surface area (Å²) in [6, 6.07) is 8.49. The Kier molecular flexibility index (Phi) is 9.37. The molecule has 1 N–H and O–H groups in total. The van der Waals surface area contributed by atoms with Crippen molar-refractivity contribution >= 4 is 16.9 Å². The van der Waals surface area contributed by atoms with Crippen LogP contribution in [-0.2, 0) is 17.8 Å². The molecular weight excluding hydrogens is 334 g/mol. The minimum Gasteiger partial charge on any atom is -0.356 e. The third-order valence-electron chi connectivity index (χ3n) is 5.12. The smallest absolute Gasteiger partial charge is 0.222 e. The van der Waals surface area contributed by atoms with Gasteiger partial charge in [0.1, 0.15) is 5.82 Å². The van der Waals surface area contributed by atoms with Crippen LogP contribution in [-0.4, -0.2) is 22.0 Å². The largest absolute Gasteiger partial charge is 0.356 e. The van der Waals surface area contributed by atoms with Gasteiger partial charge < -0.3 is 9.88 Å². The summed E-state index contributed by atoms with van der Waals surface area (Å²) in [5.74, 6) is 1.44. The molecule has 0 aliphatic rings. The van der Waals surface area contributed by atoms with Crippen LogP contribution in [0.15, 0.2) is 24.3 Å². The van der Waals surface area contributed by atoms with E-state index in [-0.39, 0.29) is 11.8 Å². The third kappa shape index (κ3) is 7.00. The van der Waals surface area contributed by atoms with Gasteiger partial charge in [-0.3, -0.25) is 4.79 Å². The van der Waals surface area contributed by atoms with Gasteiger partial charge in [0.15, 0.2) is 0 Å². The standard InChI is InChI=1S/C23H37N3O/c1-4-5-6-7-13-18-26-21-15-11-10-14-20(21)25-22(26)16-9-8-12-17-24-23(27)19(2)3/h10-11,14-15,19H,4-9,12-13,16-18H2,1-3H3,(H,24,27). The maximum atomic E-state index is 11.6. The van der Waals surface area contributed by atoms with Gasteiger partial charge in [-0.05, 0) is 31.4 Å². The molecule has 1 aromatic heterocycles. The van der Waals surface area contributed by atoms with Crippen LogP contribution in [0.1, 0.15) is 78.0 Å². The van der Waals surface area contributed by atoms with E-state index in [0.29, 0.717) is 0 Å². The second-order valence-electron chi connectivity index (χ2n) is 7.84. The number of rotatable bonds is 13. The van der Waals surface area contributed by atoms with Crippen molar-refractivity contribution in [2.75, 3.05) is 6.54 Å². The zero-order chi connectivity index (χ0) is 19.5. The van der Waals surface area contributed by atoms with Crippen molar-refractivity contribution in [3.05, 3.63) is 30.1 Å². The lowest BCUT2D eigenvalue weighted by Crippen LogP contribution is -2.28. The Bertz CT molecular complexity index is 690. The first kappa shape index (κ1) is 21.5. The lowest BCUT2D eigenvalue weighted by Gasteiger charge is -2.10. The molecule has 1 amide bonds. The van der Waals surface area contributed by atoms with Gasteiger partial charge in [0.2, 0.25) is 5.91 Å². The minimum atomic E-state index is 0.0715. The summed E-state index contributed by atoms with van der Waals surface area (Å²) in [6.45, 7) is 7.98. The van der Waals surface area contributed by atoms with Crippen molar-refractivity contribution in [3.8, 4) is 0 Å². The normalized spacial score (nSPS) is 11.4. The number of unbranched alkanes of at least 4 members (excludes halogenated alkanes) is 6. The molecule has 27 heavy (non-hydrogen) atoms. The van der Waals surface area contributed by atoms with Crippen molar-refractivity contribution < 1.29 is 4.79 Å². The van der Waals surface area contributed by atoms with Crippen molar-refractivity contribution in [1.82, 2.24) is 14.9 Å². The number of hydrogen-bond acceptors (Lipinski definition) is 2. The number of nitrogens with zero attached hydrogens (tertiary/aromatic N) is 2. The number of nitrogens with one attached hydrogen (secondary N) is 1. The van der Waals surface area contributed by atoms with E-state index < -0.39 is 0 Å². The highest BCUT2D eigenvalue weighted by molar-refractivity contribution is 5.77. The maximum Gasteiger partial charge on any atom is 0.222 e. The van der Waals surface area contributed by atoms with E-state index in [1.807, 2.05) is 13.8 Å². The molecule has 2 aromatic rings. The molecule has 4 nitrogen and oxygen atoms in total. The third-order valence-corrected chi connectivity index (χ3v) is 5.12. The molecule has 1 aromatic carbocycles. The van der Waals surface area contributed by atoms with Gasteiger partial charge in [0.05, 0.1) is 11.0 Å². The summed E-state index contributed by atoms with van der Waals surface area (Å²) in [5, 5.41) is 3.00. The molecule has 0 aliphatic heterocycles. The topological polar surface area (TPSA) is 46.9 Å². The van der Waals surface area contributed by atoms with Crippen LogP contribution in [0.2, 0.25) is 0 Å². The molecule has 0 bridgehead atoms. The van der Waals surface area contributed by atoms with Crippen LogP contribution < -0.4 is 5.32 Å². The van der Waals surface area contributed by atoms with E-state index >= 15 is 0 Å². The Morgan fingerprint density at radius 2 is 1.78 bits per heavy atom. The number of imidazole rings is 1. The number of fused-ring (bicyclic) bond motifs is 1. The van der Waals surface area contributed by atoms with Crippen LogP contribution in [0.3, 0.4) is 0 Å². The first-order valence-corrected chi connectivity index (χ1v) is 10.8. The molecule has 0 radical (unpaired) electrons. The number of benzene rings is 1. The van der Waals surface area contributed by atoms with Gasteiger partial charge in [-0.15, -0.1) is 0 Å². The van der Waals surface area contributed by atoms with Crippen LogP contribution >= 0.6 is 0 Å². The summed E-state index contributed by atoms with van der Waals surface area (Å²) >= 11 is 0. The van der Waals surface area contributed by atoms with E-state index in [2.05, 4.69) is 41.1 Å². The zero-order valence-corrected chi connectivity index (χ0v) is 17.5. The van der Waals surface area contributed by atoms with Gasteiger partial charge >= 0.3 is 0 Å². The Morgan fingerprint density at radius 1 is 1.04 bits per heavy atom. The fraction of sp³-hybridized carbons (Fsp3) is 0.652. The molecule has 0 saturated heterocycles. The number of aryl methyl sites for hydroxylation is 2. The summed E-state index contributed by atoms with van der Waals surface area (Å²) in [4.78, 5) is 16.5. The number of carbonyl (C=O) groups is 1. The number of amides is 1. The van der Waals surface area contributed by atoms with E-state index in [1.54, 1.807) is 0 Å². The Balaban J connectivity index is 1.83. The highest BCUT2D eigenvalue weighted by Crippen LogP contribution is 2.19. The molecule has 2 rings (SSSR count). The molecule has 1 heterocycles. The molecule has 0 fully saturated rings. The van der Waals surface area contributed by atoms with Crippen molar-refractivity contribution in [2.24, 2.45) is 5.92 Å². The monoisotopic (exact) mass is 371 g/mol. The fourth-order valence-corrected chi connectivity index (χ4v) is 3.44. The first-order valence-electron chi connectivity index (χ1n) is 10.8. The van der Waals surface area contributed by atoms with Crippen LogP contribution in [0, 0.1) is 5.92 Å². The molecule has 0 saturated carbocycles. The quantitative estimate of drug-likeness (QED) is 0.473. The average Bonchev–Trinajstić information content (AvgIpc) is 3.01. The molecule has 0 unspecified atom stereocenters. The van der Waals surface area contributed by atoms with Gasteiger partial charge in [-0.2, -0.15) is 0 Å². The zero-order valence-electron chi connectivity index (χ0n) is 17.5. The number of aromatic nitrogens is 2. The van der Waals surface area contributed by atoms with Gasteiger partial charge in [0, 0.05) is 25.4 Å². The van der Waals surface area contributed by atoms with Crippen LogP contribution in [0.25, 0.3) is 11.0 Å².